The highest BCUT2D eigenvalue weighted by Crippen LogP contribution is 2.15. The Kier molecular flexibility index (Phi) is 30.4. The van der Waals surface area contributed by atoms with Gasteiger partial charge in [0.15, 0.2) is 0 Å². The van der Waals surface area contributed by atoms with Gasteiger partial charge >= 0.3 is 5.97 Å². The maximum absolute atomic E-state index is 14.0. The second-order valence-corrected chi connectivity index (χ2v) is 19.0. The summed E-state index contributed by atoms with van der Waals surface area (Å²) in [5.41, 5.74) is 16.6. The highest BCUT2D eigenvalue weighted by Gasteiger charge is 2.40. The summed E-state index contributed by atoms with van der Waals surface area (Å²) < 4.78 is 0. The number of benzene rings is 1. The zero-order valence-electron chi connectivity index (χ0n) is 45.1. The monoisotopic (exact) mass is 1130 g/mol. The lowest BCUT2D eigenvalue weighted by Gasteiger charge is -2.34. The third-order valence-electron chi connectivity index (χ3n) is 12.0. The first kappa shape index (κ1) is 69.6. The lowest BCUT2D eigenvalue weighted by molar-refractivity contribution is -0.146. The Hall–Kier alpha value is -7.42. The van der Waals surface area contributed by atoms with Gasteiger partial charge in [-0.2, -0.15) is 0 Å². The maximum atomic E-state index is 14.0. The summed E-state index contributed by atoms with van der Waals surface area (Å²) in [6.07, 6.45) is -5.56. The Morgan fingerprint density at radius 2 is 0.949 bits per heavy atom. The zero-order valence-corrected chi connectivity index (χ0v) is 45.1. The predicted molar refractivity (Wildman–Crippen MR) is 277 cm³/mol. The third-order valence-corrected chi connectivity index (χ3v) is 12.0. The number of nitrogens with two attached hydrogens (primary N) is 3. The van der Waals surface area contributed by atoms with Crippen LogP contribution in [0.2, 0.25) is 0 Å². The molecule has 13 atom stereocenters. The van der Waals surface area contributed by atoms with Crippen molar-refractivity contribution < 1.29 is 88.2 Å². The van der Waals surface area contributed by atoms with Gasteiger partial charge < -0.3 is 101 Å². The van der Waals surface area contributed by atoms with E-state index in [9.17, 15) is 88.2 Å². The molecule has 0 aliphatic heterocycles. The Morgan fingerprint density at radius 1 is 0.532 bits per heavy atom. The molecule has 1 rings (SSSR count). The molecule has 0 spiro atoms. The van der Waals surface area contributed by atoms with Crippen molar-refractivity contribution in [2.75, 3.05) is 33.4 Å². The summed E-state index contributed by atoms with van der Waals surface area (Å²) in [4.78, 5) is 159. The number of hydrogen-bond acceptors (Lipinski definition) is 19. The molecule has 1 aromatic rings. The molecule has 79 heavy (non-hydrogen) atoms. The van der Waals surface area contributed by atoms with Crippen molar-refractivity contribution in [2.45, 2.75) is 152 Å². The van der Waals surface area contributed by atoms with E-state index < -0.39 is 182 Å². The van der Waals surface area contributed by atoms with Crippen LogP contribution < -0.4 is 65.1 Å². The highest BCUT2D eigenvalue weighted by atomic mass is 16.4. The van der Waals surface area contributed by atoms with Gasteiger partial charge in [0.1, 0.15) is 60.4 Å². The molecule has 0 unspecified atom stereocenters. The quantitative estimate of drug-likeness (QED) is 0.0281. The van der Waals surface area contributed by atoms with Crippen molar-refractivity contribution in [3.63, 3.8) is 0 Å². The Morgan fingerprint density at radius 3 is 1.39 bits per heavy atom. The van der Waals surface area contributed by atoms with E-state index in [0.717, 1.165) is 25.7 Å². The smallest absolute Gasteiger partial charge is 0.325 e. The van der Waals surface area contributed by atoms with Gasteiger partial charge in [-0.05, 0) is 65.0 Å². The van der Waals surface area contributed by atoms with E-state index >= 15 is 0 Å². The molecule has 31 nitrogen and oxygen atoms in total. The molecule has 0 fully saturated rings. The summed E-state index contributed by atoms with van der Waals surface area (Å²) in [6, 6.07) is -8.95. The molecule has 1 aromatic carbocycles. The molecule has 21 N–H and O–H groups in total. The van der Waals surface area contributed by atoms with Crippen LogP contribution in [0, 0.1) is 5.92 Å². The topological polar surface area (TPSA) is 516 Å². The van der Waals surface area contributed by atoms with Crippen molar-refractivity contribution in [1.29, 1.82) is 0 Å². The van der Waals surface area contributed by atoms with Crippen LogP contribution in [0.25, 0.3) is 0 Å². The second kappa shape index (κ2) is 34.5. The fraction of sp³-hybridized carbons (Fsp3) is 0.625. The number of carboxylic acids is 1. The standard InChI is InChI=1S/C48H79N13O18/c1-22(2)35(47(77)61(7)32(15-11-12-16-49)43(73)52-23(3)48(78)79)57-45(75)38(26(6)66)60-46(76)37(25(5)65)59-42(72)31(21-63)56-44(74)36(24(4)64)58-40(70)28(17-27-13-9-8-10-14-27)54-39(69)29(18-33(51)67)55-41(71)30(20-62)53-34(68)19-50/h8-10,13-14,22-26,28-32,35-38,62-66H,11-12,15-21,49-50H2,1-7H3,(H2,51,67)(H,52,73)(H,53,68)(H,54,69)(H,55,71)(H,56,74)(H,57,75)(H,58,70)(H,59,72)(H,60,76)(H,78,79)/t23-,24+,25+,26+,28-,29-,30-,31-,32-,35-,36-,37-,38-/m0/s1. The number of hydrogen-bond donors (Lipinski definition) is 18. The first-order valence-electron chi connectivity index (χ1n) is 25.2. The largest absolute Gasteiger partial charge is 0.480 e. The van der Waals surface area contributed by atoms with Crippen LogP contribution in [0.5, 0.6) is 0 Å². The number of likely N-dealkylation sites (N-methyl/N-ethyl adjacent to an activating group) is 1. The van der Waals surface area contributed by atoms with E-state index in [-0.39, 0.29) is 19.4 Å². The number of nitrogens with zero attached hydrogens (tertiary/aromatic N) is 1. The minimum absolute atomic E-state index is 0.0631. The van der Waals surface area contributed by atoms with Crippen molar-refractivity contribution in [3.8, 4) is 0 Å². The summed E-state index contributed by atoms with van der Waals surface area (Å²) in [5.74, 6) is -14.2. The number of aliphatic carboxylic acids is 1. The van der Waals surface area contributed by atoms with E-state index in [1.165, 1.54) is 14.0 Å². The van der Waals surface area contributed by atoms with Gasteiger partial charge in [0, 0.05) is 13.5 Å². The number of carbonyl (C=O) groups is 12. The van der Waals surface area contributed by atoms with Gasteiger partial charge in [-0.1, -0.05) is 44.2 Å². The van der Waals surface area contributed by atoms with Gasteiger partial charge in [-0.15, -0.1) is 0 Å². The number of aliphatic hydroxyl groups is 5. The van der Waals surface area contributed by atoms with Crippen LogP contribution in [0.3, 0.4) is 0 Å². The number of unbranched alkanes of at least 4 members (excludes halogenated alkanes) is 1. The number of primary amides is 1. The molecule has 0 aromatic heterocycles. The Balaban J connectivity index is 3.39. The summed E-state index contributed by atoms with van der Waals surface area (Å²) >= 11 is 0. The predicted octanol–water partition coefficient (Wildman–Crippen LogP) is -8.73. The van der Waals surface area contributed by atoms with Crippen molar-refractivity contribution >= 4 is 70.9 Å². The Bertz CT molecular complexity index is 2260. The molecule has 0 aliphatic rings. The normalized spacial score (nSPS) is 16.1. The fourth-order valence-electron chi connectivity index (χ4n) is 7.37. The number of amides is 11. The van der Waals surface area contributed by atoms with E-state index in [4.69, 9.17) is 17.2 Å². The molecule has 0 heterocycles. The summed E-state index contributed by atoms with van der Waals surface area (Å²) in [5, 5.41) is 81.3. The molecule has 0 saturated heterocycles. The first-order chi connectivity index (χ1) is 36.9. The molecule has 0 aliphatic carbocycles. The van der Waals surface area contributed by atoms with Crippen LogP contribution >= 0.6 is 0 Å². The minimum Gasteiger partial charge on any atom is -0.480 e. The van der Waals surface area contributed by atoms with Crippen molar-refractivity contribution in [3.05, 3.63) is 35.9 Å². The van der Waals surface area contributed by atoms with Gasteiger partial charge in [0.05, 0.1) is 44.5 Å². The zero-order chi connectivity index (χ0) is 60.4. The van der Waals surface area contributed by atoms with Gasteiger partial charge in [0.25, 0.3) is 0 Å². The molecule has 0 saturated carbocycles. The van der Waals surface area contributed by atoms with Crippen LogP contribution in [0.1, 0.15) is 72.8 Å². The number of nitrogens with one attached hydrogen (secondary N) is 9. The molecule has 0 radical (unpaired) electrons. The summed E-state index contributed by atoms with van der Waals surface area (Å²) in [6.45, 7) is 5.02. The third kappa shape index (κ3) is 23.2. The van der Waals surface area contributed by atoms with Crippen LogP contribution in [0.15, 0.2) is 30.3 Å². The first-order valence-corrected chi connectivity index (χ1v) is 25.2. The van der Waals surface area contributed by atoms with Crippen molar-refractivity contribution in [2.24, 2.45) is 23.1 Å². The van der Waals surface area contributed by atoms with E-state index in [1.54, 1.807) is 44.2 Å². The molecule has 11 amide bonds. The molecular weight excluding hydrogens is 1050 g/mol. The molecule has 31 heteroatoms. The maximum Gasteiger partial charge on any atom is 0.325 e. The van der Waals surface area contributed by atoms with Crippen LogP contribution in [0.4, 0.5) is 0 Å². The van der Waals surface area contributed by atoms with Crippen LogP contribution in [-0.2, 0) is 64.0 Å². The van der Waals surface area contributed by atoms with Gasteiger partial charge in [-0.3, -0.25) is 57.5 Å². The highest BCUT2D eigenvalue weighted by molar-refractivity contribution is 6.00. The Labute approximate surface area is 455 Å². The second-order valence-electron chi connectivity index (χ2n) is 19.0. The number of rotatable bonds is 35. The number of carboxylic acid groups (broad SMARTS) is 1. The average Bonchev–Trinajstić information content (AvgIpc) is 3.38. The van der Waals surface area contributed by atoms with Crippen molar-refractivity contribution in [1.82, 2.24) is 52.8 Å². The summed E-state index contributed by atoms with van der Waals surface area (Å²) in [7, 11) is 1.27. The molecule has 0 bridgehead atoms. The molecule has 444 valence electrons. The lowest BCUT2D eigenvalue weighted by atomic mass is 9.99. The number of carbonyl (C=O) groups excluding carboxylic acids is 11. The van der Waals surface area contributed by atoms with E-state index in [2.05, 4.69) is 47.9 Å². The lowest BCUT2D eigenvalue weighted by Crippen LogP contribution is -2.64. The van der Waals surface area contributed by atoms with Gasteiger partial charge in [0.2, 0.25) is 65.0 Å². The average molecular weight is 1130 g/mol. The minimum atomic E-state index is -1.99. The SMILES string of the molecule is CC(C)[C@H](NC(=O)[C@@H](NC(=O)[C@@H](NC(=O)[C@H](CO)NC(=O)[C@@H](NC(=O)[C@H](Cc1ccccc1)NC(=O)[C@H](CC(N)=O)NC(=O)[C@H](CO)NC(=O)CN)[C@@H](C)O)[C@@H](C)O)[C@@H](C)O)C(=O)N(C)[C@@H](CCCCN)C(=O)N[C@@H](C)C(=O)O. The molecular formula is C48H79N13O18. The van der Waals surface area contributed by atoms with Crippen LogP contribution in [-0.4, -0.2) is 219 Å². The van der Waals surface area contributed by atoms with E-state index in [1.807, 2.05) is 0 Å². The van der Waals surface area contributed by atoms with Gasteiger partial charge in [-0.25, -0.2) is 0 Å². The van der Waals surface area contributed by atoms with E-state index in [0.29, 0.717) is 18.4 Å². The number of aliphatic hydroxyl groups excluding tert-OH is 5. The fourth-order valence-corrected chi connectivity index (χ4v) is 7.37.